The van der Waals surface area contributed by atoms with Crippen LogP contribution in [0.5, 0.6) is 0 Å². The lowest BCUT2D eigenvalue weighted by atomic mass is 9.75. The van der Waals surface area contributed by atoms with Crippen LogP contribution in [0.3, 0.4) is 0 Å². The molecule has 2 aliphatic heterocycles. The number of rotatable bonds is 9. The van der Waals surface area contributed by atoms with E-state index >= 15 is 0 Å². The van der Waals surface area contributed by atoms with Gasteiger partial charge in [0, 0.05) is 63.5 Å². The molecule has 1 aromatic carbocycles. The van der Waals surface area contributed by atoms with Gasteiger partial charge in [0.1, 0.15) is 5.92 Å². The van der Waals surface area contributed by atoms with Crippen LogP contribution in [0.25, 0.3) is 0 Å². The molecule has 2 heterocycles. The lowest BCUT2D eigenvalue weighted by Gasteiger charge is -2.36. The molecule has 38 heavy (non-hydrogen) atoms. The van der Waals surface area contributed by atoms with Crippen molar-refractivity contribution in [2.45, 2.75) is 19.8 Å². The van der Waals surface area contributed by atoms with Gasteiger partial charge in [0.05, 0.1) is 38.2 Å². The van der Waals surface area contributed by atoms with Crippen molar-refractivity contribution in [2.24, 2.45) is 10.9 Å². The lowest BCUT2D eigenvalue weighted by Crippen LogP contribution is -2.51. The summed E-state index contributed by atoms with van der Waals surface area (Å²) in [6.07, 6.45) is 0. The number of amides is 2. The van der Waals surface area contributed by atoms with E-state index in [0.29, 0.717) is 48.2 Å². The van der Waals surface area contributed by atoms with E-state index in [1.807, 2.05) is 4.90 Å². The van der Waals surface area contributed by atoms with E-state index in [4.69, 9.17) is 25.8 Å². The first-order valence-electron chi connectivity index (χ1n) is 12.7. The van der Waals surface area contributed by atoms with Gasteiger partial charge in [-0.2, -0.15) is 0 Å². The molecule has 2 aliphatic rings. The zero-order chi connectivity index (χ0) is 27.8. The fourth-order valence-corrected chi connectivity index (χ4v) is 5.05. The highest BCUT2D eigenvalue weighted by Gasteiger charge is 2.43. The number of methoxy groups -OCH3 is 1. The molecule has 1 fully saturated rings. The average molecular weight is 549 g/mol. The number of halogens is 1. The second kappa shape index (κ2) is 13.7. The number of hydrogen-bond acceptors (Lipinski definition) is 8. The summed E-state index contributed by atoms with van der Waals surface area (Å²) in [4.78, 5) is 48.5. The first-order chi connectivity index (χ1) is 18.2. The Bertz CT molecular complexity index is 1080. The summed E-state index contributed by atoms with van der Waals surface area (Å²) in [6.45, 7) is 7.61. The number of benzene rings is 1. The third-order valence-corrected chi connectivity index (χ3v) is 7.07. The second-order valence-electron chi connectivity index (χ2n) is 9.39. The molecule has 0 radical (unpaired) electrons. The highest BCUT2D eigenvalue weighted by molar-refractivity contribution is 6.31. The topological polar surface area (TPSA) is 101 Å². The Morgan fingerprint density at radius 1 is 1.13 bits per heavy atom. The van der Waals surface area contributed by atoms with Crippen LogP contribution in [0.15, 0.2) is 40.5 Å². The van der Waals surface area contributed by atoms with Crippen molar-refractivity contribution >= 4 is 35.3 Å². The zero-order valence-electron chi connectivity index (χ0n) is 22.7. The largest absolute Gasteiger partial charge is 0.468 e. The second-order valence-corrected chi connectivity index (χ2v) is 9.80. The first-order valence-corrected chi connectivity index (χ1v) is 13.1. The maximum absolute atomic E-state index is 13.2. The molecule has 11 heteroatoms. The fraction of sp³-hybridized carbons (Fsp3) is 0.556. The van der Waals surface area contributed by atoms with E-state index in [1.165, 1.54) is 7.11 Å². The van der Waals surface area contributed by atoms with Crippen LogP contribution >= 0.6 is 11.6 Å². The van der Waals surface area contributed by atoms with Gasteiger partial charge in [-0.15, -0.1) is 0 Å². The van der Waals surface area contributed by atoms with Crippen LogP contribution in [0.2, 0.25) is 5.02 Å². The highest BCUT2D eigenvalue weighted by atomic mass is 35.5. The van der Waals surface area contributed by atoms with Gasteiger partial charge in [-0.25, -0.2) is 9.59 Å². The Hall–Kier alpha value is -2.95. The Balaban J connectivity index is 1.78. The summed E-state index contributed by atoms with van der Waals surface area (Å²) in [5.41, 5.74) is 1.78. The van der Waals surface area contributed by atoms with Gasteiger partial charge in [-0.3, -0.25) is 14.7 Å². The molecule has 3 rings (SSSR count). The van der Waals surface area contributed by atoms with Gasteiger partial charge in [-0.1, -0.05) is 29.8 Å². The molecule has 0 N–H and O–H groups in total. The molecule has 10 nitrogen and oxygen atoms in total. The summed E-state index contributed by atoms with van der Waals surface area (Å²) in [5.74, 6) is -2.63. The quantitative estimate of drug-likeness (QED) is 0.345. The average Bonchev–Trinajstić information content (AvgIpc) is 2.90. The molecular formula is C27H37ClN4O6. The number of ether oxygens (including phenoxy) is 3. The molecule has 0 bridgehead atoms. The SMILES string of the molecule is CCOC(=O)C1=C(COCCN2CCN(C(=O)N(C)C)CC2)N=C(C)C(C(=O)OC)C1c1ccccc1Cl. The molecule has 2 atom stereocenters. The number of nitrogens with zero attached hydrogens (tertiary/aromatic N) is 4. The van der Waals surface area contributed by atoms with Crippen LogP contribution < -0.4 is 0 Å². The van der Waals surface area contributed by atoms with Crippen LogP contribution in [0.4, 0.5) is 4.79 Å². The summed E-state index contributed by atoms with van der Waals surface area (Å²) in [7, 11) is 4.81. The number of hydrogen-bond donors (Lipinski definition) is 0. The summed E-state index contributed by atoms with van der Waals surface area (Å²) < 4.78 is 16.4. The standard InChI is InChI=1S/C27H37ClN4O6/c1-6-38-26(34)24-21(17-37-16-15-31-11-13-32(14-12-31)27(35)30(3)4)29-18(2)22(25(33)36-5)23(24)19-9-7-8-10-20(19)28/h7-10,22-23H,6,11-17H2,1-5H3. The minimum atomic E-state index is -0.829. The van der Waals surface area contributed by atoms with E-state index in [2.05, 4.69) is 9.89 Å². The van der Waals surface area contributed by atoms with Crippen LogP contribution in [-0.2, 0) is 23.8 Å². The molecule has 0 aromatic heterocycles. The molecule has 2 unspecified atom stereocenters. The Morgan fingerprint density at radius 2 is 1.82 bits per heavy atom. The smallest absolute Gasteiger partial charge is 0.336 e. The number of urea groups is 1. The van der Waals surface area contributed by atoms with Gasteiger partial charge in [0.2, 0.25) is 0 Å². The normalized spacial score (nSPS) is 20.2. The van der Waals surface area contributed by atoms with Gasteiger partial charge < -0.3 is 24.0 Å². The predicted molar refractivity (Wildman–Crippen MR) is 144 cm³/mol. The van der Waals surface area contributed by atoms with Crippen molar-refractivity contribution in [3.05, 3.63) is 46.1 Å². The molecule has 2 amide bonds. The van der Waals surface area contributed by atoms with Gasteiger partial charge in [-0.05, 0) is 25.5 Å². The monoisotopic (exact) mass is 548 g/mol. The third-order valence-electron chi connectivity index (χ3n) is 6.72. The maximum Gasteiger partial charge on any atom is 0.336 e. The number of esters is 2. The van der Waals surface area contributed by atoms with Crippen LogP contribution in [0.1, 0.15) is 25.3 Å². The number of piperazine rings is 1. The van der Waals surface area contributed by atoms with Crippen LogP contribution in [0, 0.1) is 5.92 Å². The summed E-state index contributed by atoms with van der Waals surface area (Å²) >= 11 is 6.54. The molecule has 0 spiro atoms. The van der Waals surface area contributed by atoms with Crippen molar-refractivity contribution in [3.63, 3.8) is 0 Å². The lowest BCUT2D eigenvalue weighted by molar-refractivity contribution is -0.144. The minimum Gasteiger partial charge on any atom is -0.468 e. The predicted octanol–water partition coefficient (Wildman–Crippen LogP) is 2.82. The van der Waals surface area contributed by atoms with E-state index in [9.17, 15) is 14.4 Å². The Kier molecular flexibility index (Phi) is 10.7. The van der Waals surface area contributed by atoms with E-state index in [-0.39, 0.29) is 24.8 Å². The van der Waals surface area contributed by atoms with Crippen molar-refractivity contribution in [1.82, 2.24) is 14.7 Å². The third kappa shape index (κ3) is 6.92. The highest BCUT2D eigenvalue weighted by Crippen LogP contribution is 2.42. The first kappa shape index (κ1) is 29.6. The number of aliphatic imine (C=N–C) groups is 1. The molecule has 1 aromatic rings. The van der Waals surface area contributed by atoms with Crippen molar-refractivity contribution in [1.29, 1.82) is 0 Å². The summed E-state index contributed by atoms with van der Waals surface area (Å²) in [5, 5.41) is 0.426. The van der Waals surface area contributed by atoms with E-state index in [0.717, 1.165) is 13.1 Å². The van der Waals surface area contributed by atoms with Crippen molar-refractivity contribution in [2.75, 3.05) is 73.7 Å². The number of carbonyl (C=O) groups is 3. The van der Waals surface area contributed by atoms with E-state index in [1.54, 1.807) is 57.1 Å². The minimum absolute atomic E-state index is 0.0168. The maximum atomic E-state index is 13.2. The molecule has 208 valence electrons. The zero-order valence-corrected chi connectivity index (χ0v) is 23.5. The molecular weight excluding hydrogens is 512 g/mol. The summed E-state index contributed by atoms with van der Waals surface area (Å²) in [6, 6.07) is 7.12. The van der Waals surface area contributed by atoms with Gasteiger partial charge in [0.25, 0.3) is 0 Å². The van der Waals surface area contributed by atoms with E-state index < -0.39 is 23.8 Å². The number of carbonyl (C=O) groups excluding carboxylic acids is 3. The molecule has 1 saturated heterocycles. The molecule has 0 saturated carbocycles. The van der Waals surface area contributed by atoms with Crippen LogP contribution in [-0.4, -0.2) is 112 Å². The van der Waals surface area contributed by atoms with Crippen molar-refractivity contribution < 1.29 is 28.6 Å². The Morgan fingerprint density at radius 3 is 2.42 bits per heavy atom. The molecule has 0 aliphatic carbocycles. The fourth-order valence-electron chi connectivity index (χ4n) is 4.80. The Labute approximate surface area is 229 Å². The van der Waals surface area contributed by atoms with Crippen molar-refractivity contribution in [3.8, 4) is 0 Å². The van der Waals surface area contributed by atoms with Gasteiger partial charge in [0.15, 0.2) is 0 Å². The van der Waals surface area contributed by atoms with Gasteiger partial charge >= 0.3 is 18.0 Å².